The molecule has 1 amide bonds. The Morgan fingerprint density at radius 1 is 1.18 bits per heavy atom. The summed E-state index contributed by atoms with van der Waals surface area (Å²) in [4.78, 5) is 27.5. The minimum atomic E-state index is 0.0401. The highest BCUT2D eigenvalue weighted by Crippen LogP contribution is 2.22. The highest BCUT2D eigenvalue weighted by atomic mass is 16.1. The lowest BCUT2D eigenvalue weighted by molar-refractivity contribution is -0.125. The largest absolute Gasteiger partial charge is 0.357 e. The molecule has 8 heteroatoms. The Morgan fingerprint density at radius 2 is 2.04 bits per heavy atom. The Bertz CT molecular complexity index is 916. The molecule has 0 aliphatic carbocycles. The predicted octanol–water partition coefficient (Wildman–Crippen LogP) is 1.90. The van der Waals surface area contributed by atoms with Crippen LogP contribution in [0.1, 0.15) is 24.0 Å². The van der Waals surface area contributed by atoms with Crippen molar-refractivity contribution >= 4 is 11.7 Å². The number of carbonyl (C=O) groups excluding carboxylic acids is 1. The van der Waals surface area contributed by atoms with Gasteiger partial charge in [0.1, 0.15) is 18.5 Å². The van der Waals surface area contributed by atoms with Gasteiger partial charge >= 0.3 is 0 Å². The molecule has 0 spiro atoms. The second-order valence-electron chi connectivity index (χ2n) is 7.04. The zero-order valence-corrected chi connectivity index (χ0v) is 15.8. The Hall–Kier alpha value is -3.29. The van der Waals surface area contributed by atoms with Crippen molar-refractivity contribution in [2.24, 2.45) is 5.92 Å². The fourth-order valence-corrected chi connectivity index (χ4v) is 3.37. The lowest BCUT2D eigenvalue weighted by Crippen LogP contribution is -2.40. The molecular formula is C20H23N7O. The fraction of sp³-hybridized carbons (Fsp3) is 0.350. The maximum atomic E-state index is 12.6. The molecule has 4 rings (SSSR count). The van der Waals surface area contributed by atoms with E-state index < -0.39 is 0 Å². The molecule has 0 radical (unpaired) electrons. The third-order valence-electron chi connectivity index (χ3n) is 5.02. The SMILES string of the molecule is Cc1ccc(N2CCC(C(=O)NCc3ccnc(-n4cncn4)c3)CC2)nc1. The van der Waals surface area contributed by atoms with E-state index in [0.29, 0.717) is 12.4 Å². The van der Waals surface area contributed by atoms with Gasteiger partial charge in [0.15, 0.2) is 5.82 Å². The van der Waals surface area contributed by atoms with E-state index in [-0.39, 0.29) is 11.8 Å². The zero-order chi connectivity index (χ0) is 19.3. The van der Waals surface area contributed by atoms with Crippen LogP contribution in [0.3, 0.4) is 0 Å². The minimum absolute atomic E-state index is 0.0401. The van der Waals surface area contributed by atoms with Gasteiger partial charge in [0, 0.05) is 37.9 Å². The Labute approximate surface area is 163 Å². The van der Waals surface area contributed by atoms with Crippen molar-refractivity contribution in [1.29, 1.82) is 0 Å². The first-order valence-electron chi connectivity index (χ1n) is 9.44. The van der Waals surface area contributed by atoms with Crippen molar-refractivity contribution in [2.45, 2.75) is 26.3 Å². The molecule has 0 aromatic carbocycles. The molecule has 0 saturated carbocycles. The van der Waals surface area contributed by atoms with E-state index in [1.807, 2.05) is 31.3 Å². The summed E-state index contributed by atoms with van der Waals surface area (Å²) in [6, 6.07) is 7.92. The van der Waals surface area contributed by atoms with Crippen molar-refractivity contribution < 1.29 is 4.79 Å². The number of pyridine rings is 2. The van der Waals surface area contributed by atoms with Gasteiger partial charge in [-0.05, 0) is 49.1 Å². The van der Waals surface area contributed by atoms with E-state index >= 15 is 0 Å². The molecule has 1 aliphatic rings. The van der Waals surface area contributed by atoms with Gasteiger partial charge < -0.3 is 10.2 Å². The number of hydrogen-bond acceptors (Lipinski definition) is 6. The molecule has 8 nitrogen and oxygen atoms in total. The van der Waals surface area contributed by atoms with E-state index in [1.54, 1.807) is 17.2 Å². The number of amides is 1. The molecule has 1 saturated heterocycles. The quantitative estimate of drug-likeness (QED) is 0.731. The van der Waals surface area contributed by atoms with E-state index in [1.165, 1.54) is 6.33 Å². The number of hydrogen-bond donors (Lipinski definition) is 1. The van der Waals surface area contributed by atoms with Gasteiger partial charge in [-0.25, -0.2) is 19.6 Å². The molecule has 0 unspecified atom stereocenters. The van der Waals surface area contributed by atoms with E-state index in [0.717, 1.165) is 42.9 Å². The maximum Gasteiger partial charge on any atom is 0.223 e. The highest BCUT2D eigenvalue weighted by Gasteiger charge is 2.25. The number of nitrogens with zero attached hydrogens (tertiary/aromatic N) is 6. The topological polar surface area (TPSA) is 88.8 Å². The summed E-state index contributed by atoms with van der Waals surface area (Å²) in [7, 11) is 0. The number of aromatic nitrogens is 5. The van der Waals surface area contributed by atoms with Gasteiger partial charge in [0.25, 0.3) is 0 Å². The molecule has 1 fully saturated rings. The summed E-state index contributed by atoms with van der Waals surface area (Å²) in [5.41, 5.74) is 2.14. The number of aryl methyl sites for hydroxylation is 1. The molecule has 3 aromatic rings. The van der Waals surface area contributed by atoms with Crippen LogP contribution in [0.15, 0.2) is 49.3 Å². The van der Waals surface area contributed by atoms with E-state index in [2.05, 4.69) is 36.3 Å². The number of rotatable bonds is 5. The summed E-state index contributed by atoms with van der Waals surface area (Å²) in [6.45, 7) is 4.20. The van der Waals surface area contributed by atoms with Crippen LogP contribution in [0.25, 0.3) is 5.82 Å². The summed E-state index contributed by atoms with van der Waals surface area (Å²) < 4.78 is 1.60. The smallest absolute Gasteiger partial charge is 0.223 e. The van der Waals surface area contributed by atoms with Crippen LogP contribution in [0.2, 0.25) is 0 Å². The third kappa shape index (κ3) is 4.16. The fourth-order valence-electron chi connectivity index (χ4n) is 3.37. The second kappa shape index (κ2) is 8.16. The predicted molar refractivity (Wildman–Crippen MR) is 105 cm³/mol. The molecule has 0 atom stereocenters. The lowest BCUT2D eigenvalue weighted by atomic mass is 9.96. The monoisotopic (exact) mass is 377 g/mol. The minimum Gasteiger partial charge on any atom is -0.357 e. The van der Waals surface area contributed by atoms with Crippen LogP contribution in [0.5, 0.6) is 0 Å². The van der Waals surface area contributed by atoms with E-state index in [9.17, 15) is 4.79 Å². The van der Waals surface area contributed by atoms with Crippen molar-refractivity contribution in [3.63, 3.8) is 0 Å². The molecular weight excluding hydrogens is 354 g/mol. The van der Waals surface area contributed by atoms with Crippen molar-refractivity contribution in [2.75, 3.05) is 18.0 Å². The van der Waals surface area contributed by atoms with Crippen LogP contribution in [0.4, 0.5) is 5.82 Å². The molecule has 1 aliphatic heterocycles. The maximum absolute atomic E-state index is 12.6. The average molecular weight is 377 g/mol. The normalized spacial score (nSPS) is 14.8. The van der Waals surface area contributed by atoms with Gasteiger partial charge in [-0.1, -0.05) is 6.07 Å². The first kappa shape index (κ1) is 18.1. The summed E-state index contributed by atoms with van der Waals surface area (Å²) in [5.74, 6) is 1.82. The second-order valence-corrected chi connectivity index (χ2v) is 7.04. The molecule has 28 heavy (non-hydrogen) atoms. The molecule has 1 N–H and O–H groups in total. The first-order chi connectivity index (χ1) is 13.7. The molecule has 3 aromatic heterocycles. The summed E-state index contributed by atoms with van der Waals surface area (Å²) >= 11 is 0. The number of nitrogens with one attached hydrogen (secondary N) is 1. The van der Waals surface area contributed by atoms with Crippen molar-refractivity contribution in [3.05, 3.63) is 60.4 Å². The Morgan fingerprint density at radius 3 is 2.75 bits per heavy atom. The van der Waals surface area contributed by atoms with Gasteiger partial charge in [-0.15, -0.1) is 0 Å². The molecule has 4 heterocycles. The van der Waals surface area contributed by atoms with E-state index in [4.69, 9.17) is 0 Å². The van der Waals surface area contributed by atoms with Crippen molar-refractivity contribution in [1.82, 2.24) is 30.0 Å². The number of piperidine rings is 1. The third-order valence-corrected chi connectivity index (χ3v) is 5.02. The van der Waals surface area contributed by atoms with Crippen molar-refractivity contribution in [3.8, 4) is 5.82 Å². The van der Waals surface area contributed by atoms with Crippen LogP contribution in [0, 0.1) is 12.8 Å². The van der Waals surface area contributed by atoms with Gasteiger partial charge in [-0.3, -0.25) is 4.79 Å². The zero-order valence-electron chi connectivity index (χ0n) is 15.8. The Balaban J connectivity index is 1.29. The van der Waals surface area contributed by atoms with Crippen LogP contribution < -0.4 is 10.2 Å². The average Bonchev–Trinajstić information content (AvgIpc) is 3.28. The van der Waals surface area contributed by atoms with Crippen LogP contribution in [-0.4, -0.2) is 43.7 Å². The van der Waals surface area contributed by atoms with Crippen LogP contribution in [-0.2, 0) is 11.3 Å². The van der Waals surface area contributed by atoms with Gasteiger partial charge in [-0.2, -0.15) is 5.10 Å². The standard InChI is InChI=1S/C20H23N7O/c1-15-2-3-18(23-11-15)26-8-5-17(6-9-26)20(28)24-12-16-4-7-22-19(10-16)27-14-21-13-25-27/h2-4,7,10-11,13-14,17H,5-6,8-9,12H2,1H3,(H,24,28). The lowest BCUT2D eigenvalue weighted by Gasteiger charge is -2.32. The van der Waals surface area contributed by atoms with Crippen LogP contribution >= 0.6 is 0 Å². The van der Waals surface area contributed by atoms with Gasteiger partial charge in [0.2, 0.25) is 5.91 Å². The van der Waals surface area contributed by atoms with Gasteiger partial charge in [0.05, 0.1) is 0 Å². The number of anilines is 1. The number of carbonyl (C=O) groups is 1. The molecule has 0 bridgehead atoms. The first-order valence-corrected chi connectivity index (χ1v) is 9.44. The summed E-state index contributed by atoms with van der Waals surface area (Å²) in [6.07, 6.45) is 8.34. The summed E-state index contributed by atoms with van der Waals surface area (Å²) in [5, 5.41) is 7.14. The highest BCUT2D eigenvalue weighted by molar-refractivity contribution is 5.79. The molecule has 144 valence electrons. The Kier molecular flexibility index (Phi) is 5.27.